The molecule has 0 radical (unpaired) electrons. The van der Waals surface area contributed by atoms with Crippen molar-refractivity contribution in [3.63, 3.8) is 0 Å². The first-order valence-electron chi connectivity index (χ1n) is 13.8. The van der Waals surface area contributed by atoms with E-state index in [9.17, 15) is 14.7 Å². The maximum atomic E-state index is 13.7. The van der Waals surface area contributed by atoms with Crippen molar-refractivity contribution in [2.45, 2.75) is 58.7 Å². The molecule has 14 heteroatoms. The Hall–Kier alpha value is -2.74. The smallest absolute Gasteiger partial charge is 0.243 e. The molecule has 0 aliphatic carbocycles. The first-order chi connectivity index (χ1) is 19.7. The highest BCUT2D eigenvalue weighted by atomic mass is 35.5. The van der Waals surface area contributed by atoms with Crippen molar-refractivity contribution >= 4 is 48.0 Å². The quantitative estimate of drug-likeness (QED) is 0.234. The number of carbonyl (C=O) groups is 2. The molecule has 1 saturated heterocycles. The number of likely N-dealkylation sites (tertiary alicyclic amines) is 1. The van der Waals surface area contributed by atoms with Crippen LogP contribution in [-0.4, -0.2) is 77.0 Å². The summed E-state index contributed by atoms with van der Waals surface area (Å²) >= 11 is 1.55. The van der Waals surface area contributed by atoms with Gasteiger partial charge in [-0.2, -0.15) is 0 Å². The Morgan fingerprint density at radius 3 is 2.60 bits per heavy atom. The minimum atomic E-state index is -0.809. The maximum absolute atomic E-state index is 13.7. The monoisotopic (exact) mass is 657 g/mol. The molecule has 1 aliphatic heterocycles. The number of nitrogens with zero attached hydrogens (tertiary/aromatic N) is 3. The number of hydrogen-bond donors (Lipinski definition) is 3. The molecule has 3 atom stereocenters. The van der Waals surface area contributed by atoms with Gasteiger partial charge in [-0.3, -0.25) is 9.59 Å². The summed E-state index contributed by atoms with van der Waals surface area (Å²) in [5, 5.41) is 17.3. The lowest BCUT2D eigenvalue weighted by Crippen LogP contribution is -2.48. The van der Waals surface area contributed by atoms with Gasteiger partial charge in [0.1, 0.15) is 30.1 Å². The lowest BCUT2D eigenvalue weighted by Gasteiger charge is -2.28. The van der Waals surface area contributed by atoms with E-state index in [2.05, 4.69) is 15.5 Å². The second-order valence-electron chi connectivity index (χ2n) is 10.5. The van der Waals surface area contributed by atoms with Crippen molar-refractivity contribution in [3.8, 4) is 16.2 Å². The number of aliphatic hydroxyl groups is 1. The van der Waals surface area contributed by atoms with Crippen LogP contribution in [0.2, 0.25) is 0 Å². The van der Waals surface area contributed by atoms with Crippen molar-refractivity contribution in [2.75, 3.05) is 32.9 Å². The normalized spacial score (nSPS) is 16.9. The van der Waals surface area contributed by atoms with Crippen LogP contribution in [0.25, 0.3) is 10.4 Å². The van der Waals surface area contributed by atoms with Crippen LogP contribution in [0.4, 0.5) is 0 Å². The number of β-amino-alcohol motifs (C(OH)–C–C–N with tert-alkyl or cyclic N) is 1. The number of amides is 2. The summed E-state index contributed by atoms with van der Waals surface area (Å²) in [6.07, 6.45) is -0.642. The number of nitrogens with one attached hydrogen (secondary N) is 1. The SMILES string of the molecule is Cc1cc(C(C(=O)N2C[C@H](O)C[C@H]2C(=O)NCc2ccc(-c3scnc3C)cc2OCCOCCN)C(C)C)on1.Cl.Cl. The number of carbonyl (C=O) groups excluding carboxylic acids is 2. The number of hydrogen-bond acceptors (Lipinski definition) is 10. The van der Waals surface area contributed by atoms with Gasteiger partial charge < -0.3 is 35.1 Å². The van der Waals surface area contributed by atoms with E-state index in [1.807, 2.05) is 39.0 Å². The minimum Gasteiger partial charge on any atom is -0.491 e. The number of halogens is 2. The van der Waals surface area contributed by atoms with Crippen LogP contribution >= 0.6 is 36.2 Å². The predicted molar refractivity (Wildman–Crippen MR) is 169 cm³/mol. The molecule has 3 aromatic rings. The molecular weight excluding hydrogens is 617 g/mol. The van der Waals surface area contributed by atoms with Crippen molar-refractivity contribution in [1.82, 2.24) is 20.4 Å². The Morgan fingerprint density at radius 2 is 1.98 bits per heavy atom. The molecule has 1 fully saturated rings. The lowest BCUT2D eigenvalue weighted by molar-refractivity contribution is -0.141. The third kappa shape index (κ3) is 9.13. The van der Waals surface area contributed by atoms with Crippen LogP contribution in [0.3, 0.4) is 0 Å². The molecule has 0 saturated carbocycles. The Balaban J connectivity index is 0.00000323. The average Bonchev–Trinajstić information content (AvgIpc) is 3.67. The van der Waals surface area contributed by atoms with E-state index in [4.69, 9.17) is 19.7 Å². The minimum absolute atomic E-state index is 0. The Morgan fingerprint density at radius 1 is 1.21 bits per heavy atom. The number of nitrogens with two attached hydrogens (primary N) is 1. The van der Waals surface area contributed by atoms with Crippen molar-refractivity contribution < 1.29 is 28.7 Å². The zero-order valence-corrected chi connectivity index (χ0v) is 27.2. The van der Waals surface area contributed by atoms with Gasteiger partial charge in [0.25, 0.3) is 0 Å². The molecule has 11 nitrogen and oxygen atoms in total. The predicted octanol–water partition coefficient (Wildman–Crippen LogP) is 3.63. The Labute approximate surface area is 268 Å². The molecule has 0 spiro atoms. The van der Waals surface area contributed by atoms with Crippen LogP contribution < -0.4 is 15.8 Å². The van der Waals surface area contributed by atoms with Gasteiger partial charge in [0.05, 0.1) is 41.1 Å². The number of aliphatic hydroxyl groups excluding tert-OH is 1. The molecule has 4 N–H and O–H groups in total. The van der Waals surface area contributed by atoms with E-state index >= 15 is 0 Å². The van der Waals surface area contributed by atoms with Crippen LogP contribution in [0.15, 0.2) is 34.3 Å². The summed E-state index contributed by atoms with van der Waals surface area (Å²) in [5.74, 6) is -0.237. The van der Waals surface area contributed by atoms with Gasteiger partial charge in [-0.05, 0) is 31.4 Å². The zero-order valence-electron chi connectivity index (χ0n) is 24.8. The Bertz CT molecular complexity index is 1340. The van der Waals surface area contributed by atoms with Gasteiger partial charge in [-0.15, -0.1) is 36.2 Å². The second kappa shape index (κ2) is 16.9. The molecule has 1 aromatic carbocycles. The number of benzene rings is 1. The van der Waals surface area contributed by atoms with Gasteiger partial charge in [0, 0.05) is 37.7 Å². The third-order valence-corrected chi connectivity index (χ3v) is 8.00. The van der Waals surface area contributed by atoms with Crippen molar-refractivity contribution in [3.05, 3.63) is 52.5 Å². The number of rotatable bonds is 13. The summed E-state index contributed by atoms with van der Waals surface area (Å²) in [6, 6.07) is 6.76. The number of thiazole rings is 1. The van der Waals surface area contributed by atoms with Crippen molar-refractivity contribution in [1.29, 1.82) is 0 Å². The topological polar surface area (TPSA) is 153 Å². The largest absolute Gasteiger partial charge is 0.491 e. The van der Waals surface area contributed by atoms with Gasteiger partial charge >= 0.3 is 0 Å². The summed E-state index contributed by atoms with van der Waals surface area (Å²) in [5.41, 5.74) is 10.6. The fourth-order valence-corrected chi connectivity index (χ4v) is 5.80. The fraction of sp³-hybridized carbons (Fsp3) is 0.517. The first kappa shape index (κ1) is 36.5. The zero-order chi connectivity index (χ0) is 29.5. The molecule has 0 bridgehead atoms. The van der Waals surface area contributed by atoms with Gasteiger partial charge in [-0.1, -0.05) is 31.1 Å². The van der Waals surface area contributed by atoms with Crippen LogP contribution in [-0.2, 0) is 20.9 Å². The van der Waals surface area contributed by atoms with Crippen LogP contribution in [0, 0.1) is 19.8 Å². The first-order valence-corrected chi connectivity index (χ1v) is 14.7. The molecular formula is C29H41Cl2N5O6S. The van der Waals surface area contributed by atoms with Crippen LogP contribution in [0.1, 0.15) is 48.9 Å². The average molecular weight is 659 g/mol. The second-order valence-corrected chi connectivity index (χ2v) is 11.4. The van der Waals surface area contributed by atoms with Gasteiger partial charge in [-0.25, -0.2) is 4.98 Å². The van der Waals surface area contributed by atoms with Crippen LogP contribution in [0.5, 0.6) is 5.75 Å². The van der Waals surface area contributed by atoms with E-state index in [-0.39, 0.29) is 62.1 Å². The fourth-order valence-electron chi connectivity index (χ4n) is 5.00. The maximum Gasteiger partial charge on any atom is 0.243 e. The van der Waals surface area contributed by atoms with Gasteiger partial charge in [0.2, 0.25) is 11.8 Å². The summed E-state index contributed by atoms with van der Waals surface area (Å²) in [6.45, 7) is 9.43. The highest BCUT2D eigenvalue weighted by Gasteiger charge is 2.43. The number of aromatic nitrogens is 2. The third-order valence-electron chi connectivity index (χ3n) is 7.03. The van der Waals surface area contributed by atoms with Gasteiger partial charge in [0.15, 0.2) is 0 Å². The molecule has 2 amide bonds. The highest BCUT2D eigenvalue weighted by Crippen LogP contribution is 2.33. The molecule has 1 unspecified atom stereocenters. The molecule has 1 aliphatic rings. The summed E-state index contributed by atoms with van der Waals surface area (Å²) in [4.78, 5) is 33.9. The van der Waals surface area contributed by atoms with E-state index in [1.165, 1.54) is 4.90 Å². The van der Waals surface area contributed by atoms with E-state index in [0.717, 1.165) is 21.7 Å². The lowest BCUT2D eigenvalue weighted by atomic mass is 9.91. The number of ether oxygens (including phenoxy) is 2. The van der Waals surface area contributed by atoms with E-state index in [1.54, 1.807) is 29.8 Å². The molecule has 43 heavy (non-hydrogen) atoms. The van der Waals surface area contributed by atoms with E-state index < -0.39 is 18.1 Å². The Kier molecular flexibility index (Phi) is 14.4. The number of aryl methyl sites for hydroxylation is 2. The molecule has 3 heterocycles. The molecule has 4 rings (SSSR count). The standard InChI is InChI=1S/C29H39N5O6S.2ClH/c1-17(2)26(25-11-18(3)33-40-25)29(37)34-15-22(35)13-23(34)28(36)31-14-21-6-5-20(27-19(4)32-16-41-27)12-24(21)39-10-9-38-8-7-30;;/h5-6,11-12,16-17,22-23,26,35H,7-10,13-15,30H2,1-4H3,(H,31,36);2*1H/t22-,23+,26?;;/m1../s1. The van der Waals surface area contributed by atoms with E-state index in [0.29, 0.717) is 43.6 Å². The summed E-state index contributed by atoms with van der Waals surface area (Å²) in [7, 11) is 0. The summed E-state index contributed by atoms with van der Waals surface area (Å²) < 4.78 is 16.9. The highest BCUT2D eigenvalue weighted by molar-refractivity contribution is 7.13. The van der Waals surface area contributed by atoms with Crippen molar-refractivity contribution in [2.24, 2.45) is 11.7 Å². The molecule has 238 valence electrons. The molecule has 2 aromatic heterocycles.